The highest BCUT2D eigenvalue weighted by Gasteiger charge is 2.31. The van der Waals surface area contributed by atoms with E-state index in [2.05, 4.69) is 101 Å². The Bertz CT molecular complexity index is 1780. The Labute approximate surface area is 275 Å². The van der Waals surface area contributed by atoms with Crippen molar-refractivity contribution in [1.29, 1.82) is 0 Å². The predicted octanol–water partition coefficient (Wildman–Crippen LogP) is 9.01. The van der Waals surface area contributed by atoms with Crippen molar-refractivity contribution in [3.8, 4) is 0 Å². The molecule has 0 heterocycles. The summed E-state index contributed by atoms with van der Waals surface area (Å²) in [6.07, 6.45) is 10.0. The quantitative estimate of drug-likeness (QED) is 0.170. The van der Waals surface area contributed by atoms with E-state index in [4.69, 9.17) is 0 Å². The maximum atomic E-state index is 13.4. The highest BCUT2D eigenvalue weighted by molar-refractivity contribution is 6.39. The summed E-state index contributed by atoms with van der Waals surface area (Å²) in [4.78, 5) is 15.8. The van der Waals surface area contributed by atoms with Crippen LogP contribution in [0.15, 0.2) is 102 Å². The average molecular weight is 613 g/mol. The smallest absolute Gasteiger partial charge is 0.208 e. The minimum absolute atomic E-state index is 0.178. The maximum Gasteiger partial charge on any atom is 0.208 e. The highest BCUT2D eigenvalue weighted by atomic mass is 16.3. The number of carbonyl (C=O) groups excluding carboxylic acids is 1. The zero-order chi connectivity index (χ0) is 33.1. The molecular weight excluding hydrogens is 564 g/mol. The maximum absolute atomic E-state index is 13.4. The summed E-state index contributed by atoms with van der Waals surface area (Å²) in [5.41, 5.74) is 11.3. The minimum atomic E-state index is -0.178. The van der Waals surface area contributed by atoms with Crippen LogP contribution in [0.5, 0.6) is 0 Å². The van der Waals surface area contributed by atoms with Crippen LogP contribution in [0.1, 0.15) is 68.4 Å². The van der Waals surface area contributed by atoms with Crippen molar-refractivity contribution in [1.82, 2.24) is 0 Å². The molecule has 0 N–H and O–H groups in total. The van der Waals surface area contributed by atoms with Crippen LogP contribution < -0.4 is 10.0 Å². The number of hydrogen-bond acceptors (Lipinski definition) is 3. The van der Waals surface area contributed by atoms with Gasteiger partial charge in [-0.25, -0.2) is 0 Å². The summed E-state index contributed by atoms with van der Waals surface area (Å²) in [6.45, 7) is 19.3. The normalized spacial score (nSPS) is 14.6. The Balaban J connectivity index is 1.42. The summed E-state index contributed by atoms with van der Waals surface area (Å²) in [5.74, 6) is 0.794. The molecule has 2 aliphatic carbocycles. The van der Waals surface area contributed by atoms with E-state index in [1.807, 2.05) is 48.6 Å². The fraction of sp³-hybridized carbons (Fsp3) is 0.333. The van der Waals surface area contributed by atoms with Crippen LogP contribution in [0.3, 0.4) is 0 Å². The summed E-state index contributed by atoms with van der Waals surface area (Å²) < 4.78 is 2.34. The van der Waals surface area contributed by atoms with Gasteiger partial charge in [0.2, 0.25) is 11.4 Å². The summed E-state index contributed by atoms with van der Waals surface area (Å²) in [6, 6.07) is 21.0. The first kappa shape index (κ1) is 32.9. The van der Waals surface area contributed by atoms with Gasteiger partial charge in [0.05, 0.1) is 0 Å². The number of aryl methyl sites for hydroxylation is 4. The molecule has 4 nitrogen and oxygen atoms in total. The van der Waals surface area contributed by atoms with Gasteiger partial charge in [-0.3, -0.25) is 4.79 Å². The van der Waals surface area contributed by atoms with Gasteiger partial charge in [-0.1, -0.05) is 74.9 Å². The third kappa shape index (κ3) is 7.02. The first-order valence-electron chi connectivity index (χ1n) is 16.7. The van der Waals surface area contributed by atoms with Gasteiger partial charge >= 0.3 is 0 Å². The second-order valence-electron chi connectivity index (χ2n) is 13.8. The van der Waals surface area contributed by atoms with Gasteiger partial charge in [-0.15, -0.1) is 0 Å². The predicted molar refractivity (Wildman–Crippen MR) is 191 cm³/mol. The van der Waals surface area contributed by atoms with Gasteiger partial charge in [-0.05, 0) is 99.1 Å². The lowest BCUT2D eigenvalue weighted by Gasteiger charge is -2.33. The number of ketones is 1. The molecule has 0 atom stereocenters. The van der Waals surface area contributed by atoms with Crippen LogP contribution >= 0.6 is 0 Å². The van der Waals surface area contributed by atoms with E-state index in [1.165, 1.54) is 33.6 Å². The van der Waals surface area contributed by atoms with E-state index in [-0.39, 0.29) is 22.7 Å². The minimum Gasteiger partial charge on any atom is -0.871 e. The van der Waals surface area contributed by atoms with Crippen LogP contribution in [0.2, 0.25) is 0 Å². The Morgan fingerprint density at radius 1 is 0.717 bits per heavy atom. The number of nitrogens with zero attached hydrogens (tertiary/aromatic N) is 2. The third-order valence-electron chi connectivity index (χ3n) is 8.99. The molecule has 238 valence electrons. The SMILES string of the molecule is Cc1ccc(N(CCC(C)C)c2ccc(C3=C([O-])C(=C4C=CC(=[N+](CCC(C)C)c5ccc(C)cc5C)C=C4)C3=O)cc2)c(C)c1. The number of allylic oxidation sites excluding steroid dienone is 7. The van der Waals surface area contributed by atoms with Crippen molar-refractivity contribution in [2.75, 3.05) is 18.0 Å². The van der Waals surface area contributed by atoms with E-state index in [0.717, 1.165) is 37.3 Å². The zero-order valence-electron chi connectivity index (χ0n) is 28.8. The summed E-state index contributed by atoms with van der Waals surface area (Å²) in [7, 11) is 0. The number of carbonyl (C=O) groups is 1. The first-order chi connectivity index (χ1) is 21.9. The molecule has 0 saturated carbocycles. The zero-order valence-corrected chi connectivity index (χ0v) is 28.8. The first-order valence-corrected chi connectivity index (χ1v) is 16.7. The van der Waals surface area contributed by atoms with E-state index in [1.54, 1.807) is 0 Å². The largest absolute Gasteiger partial charge is 0.871 e. The monoisotopic (exact) mass is 612 g/mol. The molecule has 3 aromatic rings. The molecule has 46 heavy (non-hydrogen) atoms. The van der Waals surface area contributed by atoms with E-state index in [9.17, 15) is 9.90 Å². The molecule has 0 radical (unpaired) electrons. The van der Waals surface area contributed by atoms with E-state index < -0.39 is 0 Å². The number of benzene rings is 3. The van der Waals surface area contributed by atoms with Crippen molar-refractivity contribution in [2.24, 2.45) is 11.8 Å². The molecule has 4 heteroatoms. The molecule has 0 unspecified atom stereocenters. The molecule has 2 aliphatic rings. The van der Waals surface area contributed by atoms with Crippen molar-refractivity contribution in [2.45, 2.75) is 68.2 Å². The Morgan fingerprint density at radius 2 is 1.33 bits per heavy atom. The van der Waals surface area contributed by atoms with Crippen LogP contribution in [-0.2, 0) is 4.79 Å². The summed E-state index contributed by atoms with van der Waals surface area (Å²) >= 11 is 0. The van der Waals surface area contributed by atoms with Crippen LogP contribution in [0.4, 0.5) is 17.1 Å². The lowest BCUT2D eigenvalue weighted by atomic mass is 9.80. The Kier molecular flexibility index (Phi) is 9.96. The lowest BCUT2D eigenvalue weighted by Crippen LogP contribution is -2.30. The molecule has 0 amide bonds. The van der Waals surface area contributed by atoms with Gasteiger partial charge in [0.25, 0.3) is 0 Å². The highest BCUT2D eigenvalue weighted by Crippen LogP contribution is 2.39. The molecule has 0 saturated heterocycles. The fourth-order valence-corrected chi connectivity index (χ4v) is 6.30. The van der Waals surface area contributed by atoms with Crippen molar-refractivity contribution >= 4 is 34.1 Å². The van der Waals surface area contributed by atoms with Gasteiger partial charge in [0.1, 0.15) is 6.54 Å². The van der Waals surface area contributed by atoms with Crippen LogP contribution in [0, 0.1) is 39.5 Å². The third-order valence-corrected chi connectivity index (χ3v) is 8.99. The van der Waals surface area contributed by atoms with E-state index in [0.29, 0.717) is 23.0 Å². The molecule has 0 fully saturated rings. The topological polar surface area (TPSA) is 46.4 Å². The van der Waals surface area contributed by atoms with Crippen molar-refractivity contribution < 1.29 is 14.5 Å². The number of Topliss-reactive ketones (excluding diaryl/α,β-unsaturated/α-hetero) is 1. The molecule has 0 aromatic heterocycles. The van der Waals surface area contributed by atoms with Gasteiger partial charge < -0.3 is 10.0 Å². The van der Waals surface area contributed by atoms with Crippen molar-refractivity contribution in [3.05, 3.63) is 130 Å². The van der Waals surface area contributed by atoms with Crippen LogP contribution in [-0.4, -0.2) is 29.2 Å². The Hall–Kier alpha value is -4.44. The van der Waals surface area contributed by atoms with Crippen LogP contribution in [0.25, 0.3) is 5.57 Å². The summed E-state index contributed by atoms with van der Waals surface area (Å²) in [5, 5.41) is 13.4. The average Bonchev–Trinajstić information content (AvgIpc) is 3.00. The molecule has 0 bridgehead atoms. The lowest BCUT2D eigenvalue weighted by molar-refractivity contribution is -0.441. The number of rotatable bonds is 10. The van der Waals surface area contributed by atoms with Gasteiger partial charge in [-0.2, -0.15) is 4.58 Å². The standard InChI is InChI=1S/C42H48N2O2/c1-27(2)21-23-43(37-19-9-29(5)25-31(37)7)35-15-11-33(12-16-35)39-41(45)40(42(39)46)34-13-17-36(18-14-34)44(24-22-28(3)4)38-20-10-30(6)26-32(38)8/h9-20,25-28H,21-24H2,1-8H3. The molecule has 0 aliphatic heterocycles. The molecule has 3 aromatic carbocycles. The molecule has 5 rings (SSSR count). The second kappa shape index (κ2) is 13.9. The number of hydrogen-bond donors (Lipinski definition) is 0. The van der Waals surface area contributed by atoms with Crippen molar-refractivity contribution in [3.63, 3.8) is 0 Å². The molecular formula is C42H48N2O2. The van der Waals surface area contributed by atoms with E-state index >= 15 is 0 Å². The number of anilines is 2. The fourth-order valence-electron chi connectivity index (χ4n) is 6.30. The second-order valence-corrected chi connectivity index (χ2v) is 13.8. The molecule has 0 spiro atoms. The Morgan fingerprint density at radius 3 is 1.89 bits per heavy atom. The van der Waals surface area contributed by atoms with Gasteiger partial charge in [0.15, 0.2) is 5.78 Å². The van der Waals surface area contributed by atoms with Gasteiger partial charge in [0, 0.05) is 59.3 Å².